The standard InChI is InChI=1S/C15H23BrN2O/c1-11-3-4-12(8-17)9-18(11)10-13-7-14(19-2)5-6-15(13)16/h5-7,11-12H,3-4,8-10,17H2,1-2H3. The Labute approximate surface area is 124 Å². The topological polar surface area (TPSA) is 38.5 Å². The number of piperidine rings is 1. The molecular weight excluding hydrogens is 304 g/mol. The van der Waals surface area contributed by atoms with Crippen LogP contribution in [0.4, 0.5) is 0 Å². The van der Waals surface area contributed by atoms with Crippen molar-refractivity contribution in [1.29, 1.82) is 0 Å². The van der Waals surface area contributed by atoms with Gasteiger partial charge in [-0.3, -0.25) is 4.90 Å². The summed E-state index contributed by atoms with van der Waals surface area (Å²) in [5, 5.41) is 0. The van der Waals surface area contributed by atoms with Gasteiger partial charge in [-0.15, -0.1) is 0 Å². The van der Waals surface area contributed by atoms with E-state index in [1.165, 1.54) is 18.4 Å². The second-order valence-electron chi connectivity index (χ2n) is 5.41. The van der Waals surface area contributed by atoms with Crippen LogP contribution >= 0.6 is 15.9 Å². The van der Waals surface area contributed by atoms with Gasteiger partial charge in [0, 0.05) is 23.6 Å². The molecular formula is C15H23BrN2O. The molecule has 2 unspecified atom stereocenters. The number of rotatable bonds is 4. The average molecular weight is 327 g/mol. The molecule has 1 aromatic carbocycles. The van der Waals surface area contributed by atoms with Gasteiger partial charge in [0.15, 0.2) is 0 Å². The molecule has 1 aliphatic heterocycles. The highest BCUT2D eigenvalue weighted by atomic mass is 79.9. The monoisotopic (exact) mass is 326 g/mol. The zero-order chi connectivity index (χ0) is 13.8. The average Bonchev–Trinajstić information content (AvgIpc) is 2.43. The molecule has 0 radical (unpaired) electrons. The molecule has 1 aliphatic rings. The number of ether oxygens (including phenoxy) is 1. The van der Waals surface area contributed by atoms with E-state index in [4.69, 9.17) is 10.5 Å². The van der Waals surface area contributed by atoms with Crippen LogP contribution in [-0.2, 0) is 6.54 Å². The van der Waals surface area contributed by atoms with Crippen molar-refractivity contribution in [3.63, 3.8) is 0 Å². The largest absolute Gasteiger partial charge is 0.497 e. The van der Waals surface area contributed by atoms with Crippen molar-refractivity contribution < 1.29 is 4.74 Å². The first-order chi connectivity index (χ1) is 9.13. The molecule has 0 saturated carbocycles. The molecule has 106 valence electrons. The summed E-state index contributed by atoms with van der Waals surface area (Å²) in [6.07, 6.45) is 2.50. The van der Waals surface area contributed by atoms with E-state index >= 15 is 0 Å². The fourth-order valence-electron chi connectivity index (χ4n) is 2.69. The Morgan fingerprint density at radius 1 is 1.42 bits per heavy atom. The van der Waals surface area contributed by atoms with Crippen molar-refractivity contribution in [3.05, 3.63) is 28.2 Å². The lowest BCUT2D eigenvalue weighted by atomic mass is 9.93. The van der Waals surface area contributed by atoms with E-state index in [0.29, 0.717) is 12.0 Å². The van der Waals surface area contributed by atoms with E-state index < -0.39 is 0 Å². The van der Waals surface area contributed by atoms with Crippen LogP contribution in [0.25, 0.3) is 0 Å². The Balaban J connectivity index is 2.10. The lowest BCUT2D eigenvalue weighted by Gasteiger charge is -2.37. The highest BCUT2D eigenvalue weighted by Crippen LogP contribution is 2.28. The van der Waals surface area contributed by atoms with Gasteiger partial charge in [0.2, 0.25) is 0 Å². The van der Waals surface area contributed by atoms with Gasteiger partial charge < -0.3 is 10.5 Å². The van der Waals surface area contributed by atoms with E-state index in [2.05, 4.69) is 39.9 Å². The fraction of sp³-hybridized carbons (Fsp3) is 0.600. The third-order valence-electron chi connectivity index (χ3n) is 4.07. The summed E-state index contributed by atoms with van der Waals surface area (Å²) in [7, 11) is 1.71. The van der Waals surface area contributed by atoms with E-state index in [-0.39, 0.29) is 0 Å². The lowest BCUT2D eigenvalue weighted by Crippen LogP contribution is -2.43. The number of benzene rings is 1. The summed E-state index contributed by atoms with van der Waals surface area (Å²) >= 11 is 3.63. The lowest BCUT2D eigenvalue weighted by molar-refractivity contribution is 0.113. The second kappa shape index (κ2) is 6.73. The summed E-state index contributed by atoms with van der Waals surface area (Å²) < 4.78 is 6.46. The van der Waals surface area contributed by atoms with Crippen molar-refractivity contribution >= 4 is 15.9 Å². The van der Waals surface area contributed by atoms with E-state index in [0.717, 1.165) is 29.9 Å². The zero-order valence-corrected chi connectivity index (χ0v) is 13.3. The smallest absolute Gasteiger partial charge is 0.119 e. The molecule has 2 atom stereocenters. The normalized spacial score (nSPS) is 24.4. The van der Waals surface area contributed by atoms with Gasteiger partial charge >= 0.3 is 0 Å². The fourth-order valence-corrected chi connectivity index (χ4v) is 3.07. The SMILES string of the molecule is COc1ccc(Br)c(CN2CC(CN)CCC2C)c1. The van der Waals surface area contributed by atoms with Gasteiger partial charge in [0.05, 0.1) is 7.11 Å². The Morgan fingerprint density at radius 3 is 2.89 bits per heavy atom. The zero-order valence-electron chi connectivity index (χ0n) is 11.7. The predicted molar refractivity (Wildman–Crippen MR) is 82.3 cm³/mol. The highest BCUT2D eigenvalue weighted by molar-refractivity contribution is 9.10. The second-order valence-corrected chi connectivity index (χ2v) is 6.27. The highest BCUT2D eigenvalue weighted by Gasteiger charge is 2.25. The minimum atomic E-state index is 0.626. The quantitative estimate of drug-likeness (QED) is 0.924. The Bertz CT molecular complexity index is 425. The van der Waals surface area contributed by atoms with Crippen LogP contribution in [0.1, 0.15) is 25.3 Å². The molecule has 1 saturated heterocycles. The molecule has 0 aliphatic carbocycles. The maximum Gasteiger partial charge on any atom is 0.119 e. The minimum absolute atomic E-state index is 0.626. The van der Waals surface area contributed by atoms with Crippen molar-refractivity contribution in [3.8, 4) is 5.75 Å². The summed E-state index contributed by atoms with van der Waals surface area (Å²) in [4.78, 5) is 2.53. The number of halogens is 1. The predicted octanol–water partition coefficient (Wildman–Crippen LogP) is 3.02. The molecule has 19 heavy (non-hydrogen) atoms. The molecule has 0 amide bonds. The maximum atomic E-state index is 5.82. The van der Waals surface area contributed by atoms with Gasteiger partial charge in [0.25, 0.3) is 0 Å². The third-order valence-corrected chi connectivity index (χ3v) is 4.84. The first-order valence-corrected chi connectivity index (χ1v) is 7.70. The molecule has 0 bridgehead atoms. The van der Waals surface area contributed by atoms with Crippen LogP contribution in [0.2, 0.25) is 0 Å². The van der Waals surface area contributed by atoms with Crippen molar-refractivity contribution in [2.75, 3.05) is 20.2 Å². The summed E-state index contributed by atoms with van der Waals surface area (Å²) in [6, 6.07) is 6.78. The van der Waals surface area contributed by atoms with Crippen molar-refractivity contribution in [1.82, 2.24) is 4.90 Å². The third kappa shape index (κ3) is 3.71. The Kier molecular flexibility index (Phi) is 5.25. The van der Waals surface area contributed by atoms with Gasteiger partial charge in [-0.1, -0.05) is 15.9 Å². The molecule has 1 heterocycles. The molecule has 2 rings (SSSR count). The van der Waals surface area contributed by atoms with E-state index in [1.807, 2.05) is 6.07 Å². The van der Waals surface area contributed by atoms with E-state index in [9.17, 15) is 0 Å². The molecule has 0 aromatic heterocycles. The Morgan fingerprint density at radius 2 is 2.21 bits per heavy atom. The summed E-state index contributed by atoms with van der Waals surface area (Å²) in [5.74, 6) is 1.55. The Hall–Kier alpha value is -0.580. The molecule has 3 nitrogen and oxygen atoms in total. The summed E-state index contributed by atoms with van der Waals surface area (Å²) in [6.45, 7) is 5.15. The van der Waals surface area contributed by atoms with Gasteiger partial charge in [-0.05, 0) is 56.0 Å². The first kappa shape index (κ1) is 14.8. The molecule has 4 heteroatoms. The van der Waals surface area contributed by atoms with Crippen LogP contribution < -0.4 is 10.5 Å². The first-order valence-electron chi connectivity index (χ1n) is 6.90. The van der Waals surface area contributed by atoms with Crippen LogP contribution in [0.15, 0.2) is 22.7 Å². The van der Waals surface area contributed by atoms with Gasteiger partial charge in [-0.25, -0.2) is 0 Å². The maximum absolute atomic E-state index is 5.82. The van der Waals surface area contributed by atoms with Crippen molar-refractivity contribution in [2.45, 2.75) is 32.4 Å². The summed E-state index contributed by atoms with van der Waals surface area (Å²) in [5.41, 5.74) is 7.11. The van der Waals surface area contributed by atoms with Crippen LogP contribution in [0, 0.1) is 5.92 Å². The van der Waals surface area contributed by atoms with Crippen LogP contribution in [0.3, 0.4) is 0 Å². The van der Waals surface area contributed by atoms with E-state index in [1.54, 1.807) is 7.11 Å². The molecule has 0 spiro atoms. The van der Waals surface area contributed by atoms with Crippen LogP contribution in [0.5, 0.6) is 5.75 Å². The van der Waals surface area contributed by atoms with Crippen molar-refractivity contribution in [2.24, 2.45) is 11.7 Å². The number of nitrogens with two attached hydrogens (primary N) is 1. The number of methoxy groups -OCH3 is 1. The number of hydrogen-bond acceptors (Lipinski definition) is 3. The number of hydrogen-bond donors (Lipinski definition) is 1. The van der Waals surface area contributed by atoms with Crippen LogP contribution in [-0.4, -0.2) is 31.1 Å². The minimum Gasteiger partial charge on any atom is -0.497 e. The number of nitrogens with zero attached hydrogens (tertiary/aromatic N) is 1. The molecule has 1 aromatic rings. The number of likely N-dealkylation sites (tertiary alicyclic amines) is 1. The van der Waals surface area contributed by atoms with Gasteiger partial charge in [-0.2, -0.15) is 0 Å². The molecule has 2 N–H and O–H groups in total. The van der Waals surface area contributed by atoms with Gasteiger partial charge in [0.1, 0.15) is 5.75 Å². The molecule has 1 fully saturated rings.